The van der Waals surface area contributed by atoms with Gasteiger partial charge < -0.3 is 10.2 Å². The van der Waals surface area contributed by atoms with E-state index in [1.54, 1.807) is 0 Å². The lowest BCUT2D eigenvalue weighted by atomic mass is 9.75. The molecule has 0 saturated carbocycles. The van der Waals surface area contributed by atoms with E-state index in [0.29, 0.717) is 5.41 Å². The van der Waals surface area contributed by atoms with E-state index in [-0.39, 0.29) is 0 Å². The van der Waals surface area contributed by atoms with Crippen molar-refractivity contribution in [2.24, 2.45) is 11.3 Å². The summed E-state index contributed by atoms with van der Waals surface area (Å²) in [5.41, 5.74) is 0.599. The molecule has 1 N–H and O–H groups in total. The summed E-state index contributed by atoms with van der Waals surface area (Å²) in [6.45, 7) is 12.0. The molecule has 102 valence electrons. The van der Waals surface area contributed by atoms with E-state index in [0.717, 1.165) is 5.92 Å². The Morgan fingerprint density at radius 1 is 1.24 bits per heavy atom. The van der Waals surface area contributed by atoms with Gasteiger partial charge in [-0.05, 0) is 50.7 Å². The van der Waals surface area contributed by atoms with E-state index in [2.05, 4.69) is 38.0 Å². The molecule has 0 aromatic rings. The fourth-order valence-corrected chi connectivity index (χ4v) is 3.27. The average Bonchev–Trinajstić information content (AvgIpc) is 2.29. The predicted octanol–water partition coefficient (Wildman–Crippen LogP) is 3.13. The van der Waals surface area contributed by atoms with Crippen LogP contribution in [0.5, 0.6) is 0 Å². The van der Waals surface area contributed by atoms with Crippen molar-refractivity contribution >= 4 is 0 Å². The lowest BCUT2D eigenvalue weighted by Gasteiger charge is -2.41. The van der Waals surface area contributed by atoms with Gasteiger partial charge in [0.15, 0.2) is 0 Å². The minimum absolute atomic E-state index is 0.599. The molecule has 0 radical (unpaired) electrons. The fourth-order valence-electron chi connectivity index (χ4n) is 3.27. The van der Waals surface area contributed by atoms with Crippen LogP contribution >= 0.6 is 0 Å². The normalized spacial score (nSPS) is 21.7. The molecule has 0 amide bonds. The maximum Gasteiger partial charge on any atom is 0.00360 e. The molecule has 1 fully saturated rings. The molecule has 0 aromatic carbocycles. The second-order valence-electron chi connectivity index (χ2n) is 6.21. The minimum atomic E-state index is 0.599. The van der Waals surface area contributed by atoms with Crippen molar-refractivity contribution in [2.75, 3.05) is 33.2 Å². The third-order valence-electron chi connectivity index (χ3n) is 4.37. The van der Waals surface area contributed by atoms with Crippen LogP contribution in [0.15, 0.2) is 0 Å². The molecule has 2 heteroatoms. The van der Waals surface area contributed by atoms with Crippen molar-refractivity contribution in [1.82, 2.24) is 10.2 Å². The molecular formula is C15H32N2. The maximum absolute atomic E-state index is 3.50. The Balaban J connectivity index is 2.47. The Kier molecular flexibility index (Phi) is 6.50. The van der Waals surface area contributed by atoms with Crippen molar-refractivity contribution in [2.45, 2.75) is 52.9 Å². The van der Waals surface area contributed by atoms with Crippen LogP contribution in [-0.4, -0.2) is 38.1 Å². The van der Waals surface area contributed by atoms with E-state index in [4.69, 9.17) is 0 Å². The third-order valence-corrected chi connectivity index (χ3v) is 4.37. The van der Waals surface area contributed by atoms with Crippen LogP contribution in [0.1, 0.15) is 52.9 Å². The monoisotopic (exact) mass is 240 g/mol. The first kappa shape index (κ1) is 15.0. The first-order valence-corrected chi connectivity index (χ1v) is 7.51. The molecule has 1 heterocycles. The van der Waals surface area contributed by atoms with Gasteiger partial charge in [-0.15, -0.1) is 0 Å². The summed E-state index contributed by atoms with van der Waals surface area (Å²) < 4.78 is 0. The fraction of sp³-hybridized carbons (Fsp3) is 1.00. The van der Waals surface area contributed by atoms with Gasteiger partial charge in [0.2, 0.25) is 0 Å². The molecule has 0 bridgehead atoms. The highest BCUT2D eigenvalue weighted by atomic mass is 15.1. The Morgan fingerprint density at radius 2 is 1.88 bits per heavy atom. The smallest absolute Gasteiger partial charge is 0.00360 e. The van der Waals surface area contributed by atoms with Gasteiger partial charge >= 0.3 is 0 Å². The predicted molar refractivity (Wildman–Crippen MR) is 76.4 cm³/mol. The Hall–Kier alpha value is -0.0800. The highest BCUT2D eigenvalue weighted by Crippen LogP contribution is 2.34. The van der Waals surface area contributed by atoms with Crippen molar-refractivity contribution < 1.29 is 0 Å². The van der Waals surface area contributed by atoms with Gasteiger partial charge in [0.05, 0.1) is 0 Å². The van der Waals surface area contributed by atoms with Crippen LogP contribution in [-0.2, 0) is 0 Å². The summed E-state index contributed by atoms with van der Waals surface area (Å²) >= 11 is 0. The second-order valence-corrected chi connectivity index (χ2v) is 6.21. The summed E-state index contributed by atoms with van der Waals surface area (Å²) in [5.74, 6) is 0.834. The second kappa shape index (κ2) is 7.38. The Morgan fingerprint density at radius 3 is 2.41 bits per heavy atom. The summed E-state index contributed by atoms with van der Waals surface area (Å²) in [7, 11) is 2.31. The van der Waals surface area contributed by atoms with Crippen molar-refractivity contribution in [3.63, 3.8) is 0 Å². The zero-order valence-electron chi connectivity index (χ0n) is 12.4. The van der Waals surface area contributed by atoms with Gasteiger partial charge in [-0.25, -0.2) is 0 Å². The number of nitrogens with zero attached hydrogens (tertiary/aromatic N) is 1. The maximum atomic E-state index is 3.50. The van der Waals surface area contributed by atoms with Gasteiger partial charge in [0.1, 0.15) is 0 Å². The topological polar surface area (TPSA) is 15.3 Å². The van der Waals surface area contributed by atoms with Crippen LogP contribution in [0.25, 0.3) is 0 Å². The average molecular weight is 240 g/mol. The van der Waals surface area contributed by atoms with Crippen LogP contribution in [0.3, 0.4) is 0 Å². The number of nitrogens with one attached hydrogen (secondary N) is 1. The van der Waals surface area contributed by atoms with E-state index >= 15 is 0 Å². The molecule has 1 unspecified atom stereocenters. The van der Waals surface area contributed by atoms with E-state index < -0.39 is 0 Å². The molecule has 2 nitrogen and oxygen atoms in total. The van der Waals surface area contributed by atoms with E-state index in [9.17, 15) is 0 Å². The molecular weight excluding hydrogens is 208 g/mol. The van der Waals surface area contributed by atoms with E-state index in [1.165, 1.54) is 58.3 Å². The molecule has 0 spiro atoms. The number of piperidine rings is 1. The minimum Gasteiger partial charge on any atom is -0.317 e. The van der Waals surface area contributed by atoms with E-state index in [1.807, 2.05) is 0 Å². The summed E-state index contributed by atoms with van der Waals surface area (Å²) in [4.78, 5) is 2.58. The molecule has 1 aliphatic rings. The van der Waals surface area contributed by atoms with Gasteiger partial charge in [-0.3, -0.25) is 0 Å². The zero-order valence-corrected chi connectivity index (χ0v) is 12.4. The zero-order chi connectivity index (χ0) is 12.7. The van der Waals surface area contributed by atoms with Gasteiger partial charge in [-0.2, -0.15) is 0 Å². The largest absolute Gasteiger partial charge is 0.317 e. The SMILES string of the molecule is CCCC1(CN(C)CC(C)CC)CCNCC1. The quantitative estimate of drug-likeness (QED) is 0.735. The van der Waals surface area contributed by atoms with Crippen molar-refractivity contribution in [3.05, 3.63) is 0 Å². The number of rotatable bonds is 7. The lowest BCUT2D eigenvalue weighted by molar-refractivity contribution is 0.108. The first-order valence-electron chi connectivity index (χ1n) is 7.51. The molecule has 1 rings (SSSR count). The third kappa shape index (κ3) is 4.97. The van der Waals surface area contributed by atoms with Crippen LogP contribution in [0.2, 0.25) is 0 Å². The molecule has 0 aromatic heterocycles. The Bertz CT molecular complexity index is 192. The van der Waals surface area contributed by atoms with Gasteiger partial charge in [0, 0.05) is 13.1 Å². The molecule has 1 aliphatic heterocycles. The number of hydrogen-bond acceptors (Lipinski definition) is 2. The molecule has 0 aliphatic carbocycles. The van der Waals surface area contributed by atoms with Crippen molar-refractivity contribution in [1.29, 1.82) is 0 Å². The molecule has 1 atom stereocenters. The number of hydrogen-bond donors (Lipinski definition) is 1. The van der Waals surface area contributed by atoms with Crippen LogP contribution in [0.4, 0.5) is 0 Å². The summed E-state index contributed by atoms with van der Waals surface area (Å²) in [6, 6.07) is 0. The standard InChI is InChI=1S/C15H32N2/c1-5-7-15(8-10-16-11-9-15)13-17(4)12-14(3)6-2/h14,16H,5-13H2,1-4H3. The highest BCUT2D eigenvalue weighted by molar-refractivity contribution is 4.86. The Labute approximate surface area is 108 Å². The summed E-state index contributed by atoms with van der Waals surface area (Å²) in [5, 5.41) is 3.50. The van der Waals surface area contributed by atoms with Gasteiger partial charge in [-0.1, -0.05) is 33.6 Å². The lowest BCUT2D eigenvalue weighted by Crippen LogP contribution is -2.44. The molecule has 17 heavy (non-hydrogen) atoms. The highest BCUT2D eigenvalue weighted by Gasteiger charge is 2.32. The summed E-state index contributed by atoms with van der Waals surface area (Å²) in [6.07, 6.45) is 6.76. The van der Waals surface area contributed by atoms with Gasteiger partial charge in [0.25, 0.3) is 0 Å². The first-order chi connectivity index (χ1) is 8.12. The van der Waals surface area contributed by atoms with Crippen molar-refractivity contribution in [3.8, 4) is 0 Å². The van der Waals surface area contributed by atoms with Crippen LogP contribution in [0, 0.1) is 11.3 Å². The molecule has 1 saturated heterocycles. The van der Waals surface area contributed by atoms with Crippen LogP contribution < -0.4 is 5.32 Å².